The molecule has 106 valence electrons. The van der Waals surface area contributed by atoms with Gasteiger partial charge in [0.2, 0.25) is 0 Å². The zero-order chi connectivity index (χ0) is 14.8. The first-order chi connectivity index (χ1) is 10.1. The Morgan fingerprint density at radius 2 is 2.05 bits per heavy atom. The predicted molar refractivity (Wildman–Crippen MR) is 85.7 cm³/mol. The van der Waals surface area contributed by atoms with E-state index in [1.54, 1.807) is 12.3 Å². The number of nitrogens with one attached hydrogen (secondary N) is 2. The number of carbonyl (C=O) groups is 1. The second-order valence-electron chi connectivity index (χ2n) is 5.00. The fraction of sp³-hybridized carbons (Fsp3) is 0.118. The van der Waals surface area contributed by atoms with Crippen LogP contribution in [0.15, 0.2) is 48.7 Å². The number of aromatic amines is 1. The second kappa shape index (κ2) is 5.62. The summed E-state index contributed by atoms with van der Waals surface area (Å²) in [5.41, 5.74) is 3.79. The van der Waals surface area contributed by atoms with Gasteiger partial charge in [-0.15, -0.1) is 0 Å². The van der Waals surface area contributed by atoms with Gasteiger partial charge in [0.25, 0.3) is 5.91 Å². The first kappa shape index (κ1) is 13.7. The van der Waals surface area contributed by atoms with E-state index >= 15 is 0 Å². The number of rotatable bonds is 3. The Labute approximate surface area is 127 Å². The minimum absolute atomic E-state index is 0.0909. The van der Waals surface area contributed by atoms with Crippen molar-refractivity contribution < 1.29 is 4.79 Å². The van der Waals surface area contributed by atoms with E-state index in [4.69, 9.17) is 11.6 Å². The Morgan fingerprint density at radius 1 is 1.24 bits per heavy atom. The van der Waals surface area contributed by atoms with Crippen molar-refractivity contribution in [3.8, 4) is 0 Å². The molecule has 0 atom stereocenters. The van der Waals surface area contributed by atoms with Gasteiger partial charge in [0.15, 0.2) is 0 Å². The lowest BCUT2D eigenvalue weighted by Gasteiger charge is -2.07. The summed E-state index contributed by atoms with van der Waals surface area (Å²) in [7, 11) is 0. The minimum Gasteiger partial charge on any atom is -0.360 e. The third-order valence-corrected chi connectivity index (χ3v) is 3.82. The molecule has 3 aromatic rings. The van der Waals surface area contributed by atoms with Crippen molar-refractivity contribution in [2.45, 2.75) is 13.5 Å². The molecule has 0 spiro atoms. The lowest BCUT2D eigenvalue weighted by Crippen LogP contribution is -2.22. The number of hydrogen-bond donors (Lipinski definition) is 2. The van der Waals surface area contributed by atoms with E-state index in [2.05, 4.69) is 10.3 Å². The van der Waals surface area contributed by atoms with E-state index in [1.807, 2.05) is 43.3 Å². The first-order valence-corrected chi connectivity index (χ1v) is 7.12. The molecule has 0 saturated carbocycles. The number of benzene rings is 2. The molecule has 0 unspecified atom stereocenters. The Hall–Kier alpha value is -2.26. The van der Waals surface area contributed by atoms with Gasteiger partial charge in [-0.1, -0.05) is 41.9 Å². The van der Waals surface area contributed by atoms with E-state index in [1.165, 1.54) is 5.56 Å². The van der Waals surface area contributed by atoms with Crippen LogP contribution in [-0.2, 0) is 6.54 Å². The maximum Gasteiger partial charge on any atom is 0.253 e. The molecule has 0 aliphatic rings. The van der Waals surface area contributed by atoms with Gasteiger partial charge >= 0.3 is 0 Å². The van der Waals surface area contributed by atoms with Crippen LogP contribution in [0.25, 0.3) is 10.9 Å². The van der Waals surface area contributed by atoms with Gasteiger partial charge in [-0.3, -0.25) is 4.79 Å². The van der Waals surface area contributed by atoms with Crippen LogP contribution in [0.1, 0.15) is 21.5 Å². The largest absolute Gasteiger partial charge is 0.360 e. The molecule has 0 aliphatic heterocycles. The van der Waals surface area contributed by atoms with Crippen LogP contribution < -0.4 is 5.32 Å². The minimum atomic E-state index is -0.0909. The number of carbonyl (C=O) groups excluding carboxylic acids is 1. The number of fused-ring (bicyclic) bond motifs is 1. The van der Waals surface area contributed by atoms with Gasteiger partial charge in [-0.2, -0.15) is 0 Å². The first-order valence-electron chi connectivity index (χ1n) is 6.74. The molecule has 1 amide bonds. The van der Waals surface area contributed by atoms with Crippen LogP contribution in [0.5, 0.6) is 0 Å². The summed E-state index contributed by atoms with van der Waals surface area (Å²) in [6.07, 6.45) is 1.72. The molecule has 0 aliphatic carbocycles. The van der Waals surface area contributed by atoms with Gasteiger partial charge in [-0.25, -0.2) is 0 Å². The lowest BCUT2D eigenvalue weighted by atomic mass is 10.1. The number of aryl methyl sites for hydroxylation is 1. The lowest BCUT2D eigenvalue weighted by molar-refractivity contribution is 0.0952. The third kappa shape index (κ3) is 2.78. The summed E-state index contributed by atoms with van der Waals surface area (Å²) in [4.78, 5) is 15.4. The molecular weight excluding hydrogens is 284 g/mol. The van der Waals surface area contributed by atoms with E-state index in [-0.39, 0.29) is 5.91 Å². The Balaban J connectivity index is 1.80. The van der Waals surface area contributed by atoms with Crippen LogP contribution in [-0.4, -0.2) is 10.9 Å². The molecule has 4 heteroatoms. The van der Waals surface area contributed by atoms with Crippen molar-refractivity contribution >= 4 is 28.4 Å². The van der Waals surface area contributed by atoms with Crippen molar-refractivity contribution in [2.24, 2.45) is 0 Å². The molecule has 2 N–H and O–H groups in total. The molecule has 0 radical (unpaired) electrons. The number of amides is 1. The van der Waals surface area contributed by atoms with Crippen molar-refractivity contribution in [1.29, 1.82) is 0 Å². The van der Waals surface area contributed by atoms with E-state index < -0.39 is 0 Å². The Bertz CT molecular complexity index is 807. The Morgan fingerprint density at radius 3 is 2.86 bits per heavy atom. The summed E-state index contributed by atoms with van der Waals surface area (Å²) in [5.74, 6) is -0.0909. The molecule has 0 fully saturated rings. The van der Waals surface area contributed by atoms with Crippen LogP contribution in [0.2, 0.25) is 5.02 Å². The molecule has 21 heavy (non-hydrogen) atoms. The molecule has 3 nitrogen and oxygen atoms in total. The molecule has 2 aromatic carbocycles. The molecule has 0 bridgehead atoms. The zero-order valence-corrected chi connectivity index (χ0v) is 12.4. The maximum absolute atomic E-state index is 12.3. The summed E-state index contributed by atoms with van der Waals surface area (Å²) >= 11 is 5.95. The maximum atomic E-state index is 12.3. The topological polar surface area (TPSA) is 44.9 Å². The predicted octanol–water partition coefficient (Wildman–Crippen LogP) is 4.06. The van der Waals surface area contributed by atoms with E-state index in [9.17, 15) is 4.79 Å². The molecule has 1 heterocycles. The molecule has 0 saturated heterocycles. The van der Waals surface area contributed by atoms with Gasteiger partial charge in [0.05, 0.1) is 5.56 Å². The monoisotopic (exact) mass is 298 g/mol. The fourth-order valence-corrected chi connectivity index (χ4v) is 2.54. The summed E-state index contributed by atoms with van der Waals surface area (Å²) in [6.45, 7) is 2.56. The van der Waals surface area contributed by atoms with Crippen LogP contribution in [0, 0.1) is 6.92 Å². The van der Waals surface area contributed by atoms with Crippen LogP contribution in [0.3, 0.4) is 0 Å². The highest BCUT2D eigenvalue weighted by molar-refractivity contribution is 6.31. The number of H-pyrrole nitrogens is 1. The third-order valence-electron chi connectivity index (χ3n) is 3.59. The quantitative estimate of drug-likeness (QED) is 0.752. The normalized spacial score (nSPS) is 10.8. The number of aromatic nitrogens is 1. The van der Waals surface area contributed by atoms with Gasteiger partial charge < -0.3 is 10.3 Å². The van der Waals surface area contributed by atoms with Crippen molar-refractivity contribution in [2.75, 3.05) is 0 Å². The second-order valence-corrected chi connectivity index (χ2v) is 5.44. The van der Waals surface area contributed by atoms with Crippen molar-refractivity contribution in [3.05, 3.63) is 70.4 Å². The number of hydrogen-bond acceptors (Lipinski definition) is 1. The van der Waals surface area contributed by atoms with Gasteiger partial charge in [0, 0.05) is 28.7 Å². The van der Waals surface area contributed by atoms with Crippen LogP contribution >= 0.6 is 11.6 Å². The van der Waals surface area contributed by atoms with E-state index in [0.717, 1.165) is 16.5 Å². The average molecular weight is 299 g/mol. The fourth-order valence-electron chi connectivity index (χ4n) is 2.37. The highest BCUT2D eigenvalue weighted by atomic mass is 35.5. The van der Waals surface area contributed by atoms with Crippen LogP contribution in [0.4, 0.5) is 0 Å². The molecule has 3 rings (SSSR count). The highest BCUT2D eigenvalue weighted by Crippen LogP contribution is 2.22. The SMILES string of the molecule is Cc1ccccc1CNC(=O)c1c[nH]c2cc(Cl)ccc12. The standard InChI is InChI=1S/C17H15ClN2O/c1-11-4-2-3-5-12(11)9-20-17(21)15-10-19-16-8-13(18)6-7-14(15)16/h2-8,10,19H,9H2,1H3,(H,20,21). The highest BCUT2D eigenvalue weighted by Gasteiger charge is 2.12. The molecule has 1 aromatic heterocycles. The smallest absolute Gasteiger partial charge is 0.253 e. The zero-order valence-electron chi connectivity index (χ0n) is 11.6. The average Bonchev–Trinajstić information content (AvgIpc) is 2.89. The van der Waals surface area contributed by atoms with Crippen molar-refractivity contribution in [1.82, 2.24) is 10.3 Å². The van der Waals surface area contributed by atoms with Gasteiger partial charge in [0.1, 0.15) is 0 Å². The summed E-state index contributed by atoms with van der Waals surface area (Å²) < 4.78 is 0. The summed E-state index contributed by atoms with van der Waals surface area (Å²) in [6, 6.07) is 13.5. The Kier molecular flexibility index (Phi) is 3.67. The van der Waals surface area contributed by atoms with Gasteiger partial charge in [-0.05, 0) is 30.2 Å². The summed E-state index contributed by atoms with van der Waals surface area (Å²) in [5, 5.41) is 4.48. The van der Waals surface area contributed by atoms with E-state index in [0.29, 0.717) is 17.1 Å². The van der Waals surface area contributed by atoms with Crippen molar-refractivity contribution in [3.63, 3.8) is 0 Å². The number of halogens is 1. The molecular formula is C17H15ClN2O.